The van der Waals surface area contributed by atoms with Gasteiger partial charge in [-0.2, -0.15) is 0 Å². The molecule has 1 aliphatic heterocycles. The van der Waals surface area contributed by atoms with Crippen LogP contribution in [0, 0.1) is 17.0 Å². The van der Waals surface area contributed by atoms with E-state index >= 15 is 0 Å². The Balaban J connectivity index is 1.90. The average molecular weight is 434 g/mol. The van der Waals surface area contributed by atoms with Crippen LogP contribution in [-0.4, -0.2) is 45.0 Å². The molecule has 9 heteroatoms. The molecule has 8 nitrogen and oxygen atoms in total. The van der Waals surface area contributed by atoms with Gasteiger partial charge in [-0.05, 0) is 45.0 Å². The maximum Gasteiger partial charge on any atom is 0.273 e. The summed E-state index contributed by atoms with van der Waals surface area (Å²) in [6, 6.07) is 11.5. The second-order valence-electron chi connectivity index (χ2n) is 7.36. The summed E-state index contributed by atoms with van der Waals surface area (Å²) in [4.78, 5) is 12.8. The molecule has 1 N–H and O–H groups in total. The average Bonchev–Trinajstić information content (AvgIpc) is 2.74. The predicted octanol–water partition coefficient (Wildman–Crippen LogP) is 3.42. The highest BCUT2D eigenvalue weighted by Gasteiger charge is 2.28. The Kier molecular flexibility index (Phi) is 7.06. The van der Waals surface area contributed by atoms with Gasteiger partial charge in [0.25, 0.3) is 5.69 Å². The van der Waals surface area contributed by atoms with Crippen LogP contribution in [0.5, 0.6) is 5.75 Å². The lowest BCUT2D eigenvalue weighted by atomic mass is 10.0. The molecular weight excluding hydrogens is 406 g/mol. The van der Waals surface area contributed by atoms with Gasteiger partial charge in [0.2, 0.25) is 10.0 Å². The number of nitrogens with one attached hydrogen (secondary N) is 1. The van der Waals surface area contributed by atoms with Crippen LogP contribution in [0.15, 0.2) is 47.4 Å². The van der Waals surface area contributed by atoms with E-state index in [9.17, 15) is 18.5 Å². The number of likely N-dealkylation sites (tertiary alicyclic amines) is 1. The number of ether oxygens (including phenoxy) is 1. The second kappa shape index (κ2) is 9.55. The van der Waals surface area contributed by atoms with Crippen LogP contribution in [0.1, 0.15) is 36.4 Å². The van der Waals surface area contributed by atoms with E-state index < -0.39 is 14.9 Å². The molecule has 2 aromatic rings. The molecule has 0 aliphatic carbocycles. The second-order valence-corrected chi connectivity index (χ2v) is 9.10. The molecule has 1 saturated heterocycles. The van der Waals surface area contributed by atoms with Crippen molar-refractivity contribution in [2.75, 3.05) is 26.7 Å². The van der Waals surface area contributed by atoms with Crippen LogP contribution in [0.4, 0.5) is 5.69 Å². The lowest BCUT2D eigenvalue weighted by Gasteiger charge is -2.35. The lowest BCUT2D eigenvalue weighted by Crippen LogP contribution is -2.40. The Hall–Kier alpha value is -2.49. The van der Waals surface area contributed by atoms with Crippen molar-refractivity contribution in [3.05, 3.63) is 63.7 Å². The Bertz CT molecular complexity index is 1000. The van der Waals surface area contributed by atoms with E-state index in [2.05, 4.69) is 9.62 Å². The molecular formula is C21H27N3O5S. The van der Waals surface area contributed by atoms with Gasteiger partial charge in [0.05, 0.1) is 23.0 Å². The molecule has 1 fully saturated rings. The van der Waals surface area contributed by atoms with Crippen molar-refractivity contribution >= 4 is 15.7 Å². The molecule has 0 aromatic heterocycles. The molecule has 0 radical (unpaired) electrons. The quantitative estimate of drug-likeness (QED) is 0.506. The summed E-state index contributed by atoms with van der Waals surface area (Å²) in [5, 5.41) is 11.2. The fraction of sp³-hybridized carbons (Fsp3) is 0.429. The van der Waals surface area contributed by atoms with Gasteiger partial charge in [-0.25, -0.2) is 13.1 Å². The van der Waals surface area contributed by atoms with Gasteiger partial charge >= 0.3 is 0 Å². The van der Waals surface area contributed by atoms with Crippen LogP contribution in [0.2, 0.25) is 0 Å². The number of nitro groups is 1. The minimum Gasteiger partial charge on any atom is -0.496 e. The fourth-order valence-electron chi connectivity index (χ4n) is 3.97. The molecule has 3 rings (SSSR count). The van der Waals surface area contributed by atoms with Crippen molar-refractivity contribution in [3.8, 4) is 5.75 Å². The summed E-state index contributed by atoms with van der Waals surface area (Å²) >= 11 is 0. The van der Waals surface area contributed by atoms with Crippen molar-refractivity contribution < 1.29 is 18.1 Å². The van der Waals surface area contributed by atoms with E-state index in [1.165, 1.54) is 25.1 Å². The summed E-state index contributed by atoms with van der Waals surface area (Å²) in [6.07, 6.45) is 3.28. The number of rotatable bonds is 8. The highest BCUT2D eigenvalue weighted by molar-refractivity contribution is 7.89. The minimum atomic E-state index is -3.93. The van der Waals surface area contributed by atoms with Crippen LogP contribution in [-0.2, 0) is 10.0 Å². The highest BCUT2D eigenvalue weighted by atomic mass is 32.2. The van der Waals surface area contributed by atoms with Gasteiger partial charge < -0.3 is 4.74 Å². The molecule has 0 spiro atoms. The number of nitrogens with zero attached hydrogens (tertiary/aromatic N) is 2. The van der Waals surface area contributed by atoms with Crippen molar-refractivity contribution in [1.82, 2.24) is 9.62 Å². The number of piperidine rings is 1. The van der Waals surface area contributed by atoms with E-state index in [0.717, 1.165) is 37.9 Å². The van der Waals surface area contributed by atoms with Gasteiger partial charge in [0.1, 0.15) is 5.75 Å². The van der Waals surface area contributed by atoms with Crippen molar-refractivity contribution in [1.29, 1.82) is 0 Å². The Morgan fingerprint density at radius 2 is 1.83 bits per heavy atom. The zero-order valence-electron chi connectivity index (χ0n) is 17.2. The monoisotopic (exact) mass is 433 g/mol. The number of para-hydroxylation sites is 1. The van der Waals surface area contributed by atoms with E-state index in [1.54, 1.807) is 7.11 Å². The molecule has 0 bridgehead atoms. The summed E-state index contributed by atoms with van der Waals surface area (Å²) in [6.45, 7) is 3.35. The maximum atomic E-state index is 13.0. The largest absolute Gasteiger partial charge is 0.496 e. The van der Waals surface area contributed by atoms with Crippen LogP contribution in [0.3, 0.4) is 0 Å². The van der Waals surface area contributed by atoms with Crippen molar-refractivity contribution in [2.45, 2.75) is 37.1 Å². The van der Waals surface area contributed by atoms with Gasteiger partial charge in [-0.3, -0.25) is 15.0 Å². The summed E-state index contributed by atoms with van der Waals surface area (Å²) in [5.41, 5.74) is 0.831. The number of hydrogen-bond acceptors (Lipinski definition) is 6. The number of sulfonamides is 1. The van der Waals surface area contributed by atoms with E-state index in [1.807, 2.05) is 24.3 Å². The lowest BCUT2D eigenvalue weighted by molar-refractivity contribution is -0.385. The zero-order chi connectivity index (χ0) is 21.7. The number of nitro benzene ring substituents is 1. The first-order valence-corrected chi connectivity index (χ1v) is 11.4. The Labute approximate surface area is 177 Å². The first-order valence-electron chi connectivity index (χ1n) is 9.96. The third-order valence-corrected chi connectivity index (χ3v) is 7.11. The van der Waals surface area contributed by atoms with Gasteiger partial charge in [0, 0.05) is 23.7 Å². The van der Waals surface area contributed by atoms with Crippen LogP contribution < -0.4 is 9.46 Å². The first-order chi connectivity index (χ1) is 14.3. The normalized spacial score (nSPS) is 16.2. The molecule has 30 heavy (non-hydrogen) atoms. The summed E-state index contributed by atoms with van der Waals surface area (Å²) in [7, 11) is -2.33. The molecule has 1 heterocycles. The standard InChI is InChI=1S/C21H27N3O5S/c1-16-18(24(25)26)10-8-12-21(16)30(27,28)22-15-19(23-13-6-3-7-14-23)17-9-4-5-11-20(17)29-2/h4-5,8-12,19,22H,3,6-7,13-15H2,1-2H3. The molecule has 1 atom stereocenters. The van der Waals surface area contributed by atoms with Crippen LogP contribution >= 0.6 is 0 Å². The third-order valence-electron chi connectivity index (χ3n) is 5.54. The number of methoxy groups -OCH3 is 1. The van der Waals surface area contributed by atoms with E-state index in [4.69, 9.17) is 4.74 Å². The highest BCUT2D eigenvalue weighted by Crippen LogP contribution is 2.32. The van der Waals surface area contributed by atoms with Crippen LogP contribution in [0.25, 0.3) is 0 Å². The molecule has 1 unspecified atom stereocenters. The Morgan fingerprint density at radius 3 is 2.50 bits per heavy atom. The summed E-state index contributed by atoms with van der Waals surface area (Å²) in [5.74, 6) is 0.707. The molecule has 1 aliphatic rings. The SMILES string of the molecule is COc1ccccc1C(CNS(=O)(=O)c1cccc([N+](=O)[O-])c1C)N1CCCCC1. The number of benzene rings is 2. The van der Waals surface area contributed by atoms with Gasteiger partial charge in [0.15, 0.2) is 0 Å². The van der Waals surface area contributed by atoms with E-state index in [0.29, 0.717) is 5.75 Å². The molecule has 0 saturated carbocycles. The Morgan fingerprint density at radius 1 is 1.13 bits per heavy atom. The molecule has 162 valence electrons. The zero-order valence-corrected chi connectivity index (χ0v) is 18.0. The fourth-order valence-corrected chi connectivity index (χ4v) is 5.26. The maximum absolute atomic E-state index is 13.0. The topological polar surface area (TPSA) is 102 Å². The predicted molar refractivity (Wildman–Crippen MR) is 114 cm³/mol. The molecule has 0 amide bonds. The van der Waals surface area contributed by atoms with Gasteiger partial charge in [-0.15, -0.1) is 0 Å². The third kappa shape index (κ3) is 4.80. The van der Waals surface area contributed by atoms with E-state index in [-0.39, 0.29) is 28.7 Å². The smallest absolute Gasteiger partial charge is 0.273 e. The first kappa shape index (κ1) is 22.2. The van der Waals surface area contributed by atoms with Crippen molar-refractivity contribution in [3.63, 3.8) is 0 Å². The van der Waals surface area contributed by atoms with Gasteiger partial charge in [-0.1, -0.05) is 30.7 Å². The molecule has 2 aromatic carbocycles. The summed E-state index contributed by atoms with van der Waals surface area (Å²) < 4.78 is 34.2. The van der Waals surface area contributed by atoms with Crippen molar-refractivity contribution in [2.24, 2.45) is 0 Å². The number of hydrogen-bond donors (Lipinski definition) is 1. The minimum absolute atomic E-state index is 0.0749.